The van der Waals surface area contributed by atoms with Gasteiger partial charge < -0.3 is 14.6 Å². The number of carboxylic acids is 1. The van der Waals surface area contributed by atoms with Crippen molar-refractivity contribution in [3.05, 3.63) is 17.5 Å². The van der Waals surface area contributed by atoms with E-state index in [1.165, 1.54) is 6.20 Å². The van der Waals surface area contributed by atoms with Crippen LogP contribution in [0.1, 0.15) is 16.1 Å². The molecule has 6 heteroatoms. The zero-order valence-corrected chi connectivity index (χ0v) is 9.31. The molecule has 0 bridgehead atoms. The molecule has 17 heavy (non-hydrogen) atoms. The first-order valence-corrected chi connectivity index (χ1v) is 5.10. The Labute approximate surface area is 98.9 Å². The van der Waals surface area contributed by atoms with Crippen LogP contribution >= 0.6 is 0 Å². The molecule has 0 unspecified atom stereocenters. The van der Waals surface area contributed by atoms with Crippen LogP contribution in [0, 0.1) is 12.3 Å². The third kappa shape index (κ3) is 4.68. The predicted octanol–water partition coefficient (Wildman–Crippen LogP) is 0.317. The van der Waals surface area contributed by atoms with Crippen molar-refractivity contribution in [2.24, 2.45) is 0 Å². The molecule has 0 aliphatic rings. The summed E-state index contributed by atoms with van der Waals surface area (Å²) in [6, 6.07) is 0. The molecule has 0 radical (unpaired) electrons. The normalized spacial score (nSPS) is 10.1. The first-order chi connectivity index (χ1) is 8.25. The number of carboxylic acid groups (broad SMARTS) is 1. The summed E-state index contributed by atoms with van der Waals surface area (Å²) in [6.07, 6.45) is 6.75. The molecule has 0 aliphatic carbocycles. The molecule has 0 atom stereocenters. The molecule has 0 saturated carbocycles. The van der Waals surface area contributed by atoms with E-state index in [2.05, 4.69) is 16.1 Å². The van der Waals surface area contributed by atoms with Gasteiger partial charge in [-0.3, -0.25) is 5.10 Å². The second kappa shape index (κ2) is 7.44. The quantitative estimate of drug-likeness (QED) is 0.503. The van der Waals surface area contributed by atoms with Crippen molar-refractivity contribution in [2.45, 2.75) is 6.42 Å². The maximum atomic E-state index is 10.8. The van der Waals surface area contributed by atoms with Gasteiger partial charge in [-0.25, -0.2) is 4.79 Å². The Bertz CT molecular complexity index is 394. The average Bonchev–Trinajstić information content (AvgIpc) is 2.76. The van der Waals surface area contributed by atoms with Crippen molar-refractivity contribution in [1.29, 1.82) is 0 Å². The van der Waals surface area contributed by atoms with Gasteiger partial charge in [0.15, 0.2) is 0 Å². The van der Waals surface area contributed by atoms with E-state index in [9.17, 15) is 4.79 Å². The molecule has 92 valence electrons. The van der Waals surface area contributed by atoms with E-state index in [1.54, 1.807) is 0 Å². The lowest BCUT2D eigenvalue weighted by atomic mass is 10.2. The van der Waals surface area contributed by atoms with E-state index in [0.717, 1.165) is 0 Å². The molecule has 2 N–H and O–H groups in total. The smallest absolute Gasteiger partial charge is 0.339 e. The van der Waals surface area contributed by atoms with Crippen molar-refractivity contribution in [3.8, 4) is 12.3 Å². The first kappa shape index (κ1) is 13.2. The lowest BCUT2D eigenvalue weighted by Crippen LogP contribution is -2.08. The van der Waals surface area contributed by atoms with Crippen molar-refractivity contribution >= 4 is 5.97 Å². The molecule has 0 aliphatic heterocycles. The highest BCUT2D eigenvalue weighted by molar-refractivity contribution is 5.88. The highest BCUT2D eigenvalue weighted by atomic mass is 16.5. The van der Waals surface area contributed by atoms with Crippen LogP contribution in [0.2, 0.25) is 0 Å². The number of rotatable bonds is 8. The van der Waals surface area contributed by atoms with Gasteiger partial charge in [0.1, 0.15) is 12.2 Å². The maximum absolute atomic E-state index is 10.8. The number of carbonyl (C=O) groups is 1. The standard InChI is InChI=1S/C11H14N2O4/c1-2-4-16-6-7-17-5-3-10-9(11(14)15)8-12-13-10/h1,8H,3-7H2,(H,12,13)(H,14,15). The topological polar surface area (TPSA) is 84.4 Å². The SMILES string of the molecule is C#CCOCCOCCc1[nH]ncc1C(=O)O. The average molecular weight is 238 g/mol. The van der Waals surface area contributed by atoms with Crippen LogP contribution in [-0.4, -0.2) is 47.7 Å². The number of aromatic nitrogens is 2. The number of hydrogen-bond donors (Lipinski definition) is 2. The lowest BCUT2D eigenvalue weighted by molar-refractivity contribution is 0.0607. The highest BCUT2D eigenvalue weighted by Gasteiger charge is 2.11. The van der Waals surface area contributed by atoms with Crippen LogP contribution in [0.25, 0.3) is 0 Å². The Morgan fingerprint density at radius 1 is 1.47 bits per heavy atom. The molecule has 1 aromatic rings. The van der Waals surface area contributed by atoms with E-state index < -0.39 is 5.97 Å². The summed E-state index contributed by atoms with van der Waals surface area (Å²) in [6.45, 7) is 1.53. The highest BCUT2D eigenvalue weighted by Crippen LogP contribution is 2.05. The van der Waals surface area contributed by atoms with E-state index in [4.69, 9.17) is 21.0 Å². The maximum Gasteiger partial charge on any atom is 0.339 e. The second-order valence-electron chi connectivity index (χ2n) is 3.19. The molecule has 0 aromatic carbocycles. The summed E-state index contributed by atoms with van der Waals surface area (Å²) < 4.78 is 10.3. The van der Waals surface area contributed by atoms with Gasteiger partial charge in [-0.15, -0.1) is 6.42 Å². The number of aromatic carboxylic acids is 1. The summed E-state index contributed by atoms with van der Waals surface area (Å²) in [5.74, 6) is 1.35. The van der Waals surface area contributed by atoms with Crippen molar-refractivity contribution in [2.75, 3.05) is 26.4 Å². The summed E-state index contributed by atoms with van der Waals surface area (Å²) in [4.78, 5) is 10.8. The lowest BCUT2D eigenvalue weighted by Gasteiger charge is -2.03. The largest absolute Gasteiger partial charge is 0.478 e. The van der Waals surface area contributed by atoms with Crippen molar-refractivity contribution < 1.29 is 19.4 Å². The number of H-pyrrole nitrogens is 1. The Morgan fingerprint density at radius 3 is 2.94 bits per heavy atom. The number of aromatic amines is 1. The van der Waals surface area contributed by atoms with Gasteiger partial charge in [0, 0.05) is 6.42 Å². The number of ether oxygens (including phenoxy) is 2. The summed E-state index contributed by atoms with van der Waals surface area (Å²) in [5.41, 5.74) is 0.735. The van der Waals surface area contributed by atoms with Crippen LogP contribution in [0.3, 0.4) is 0 Å². The minimum Gasteiger partial charge on any atom is -0.478 e. The monoisotopic (exact) mass is 238 g/mol. The molecule has 6 nitrogen and oxygen atoms in total. The fourth-order valence-electron chi connectivity index (χ4n) is 1.21. The minimum absolute atomic E-state index is 0.178. The second-order valence-corrected chi connectivity index (χ2v) is 3.19. The van der Waals surface area contributed by atoms with Gasteiger partial charge in [0.25, 0.3) is 0 Å². The molecule has 1 heterocycles. The van der Waals surface area contributed by atoms with Gasteiger partial charge in [-0.1, -0.05) is 5.92 Å². The zero-order chi connectivity index (χ0) is 12.5. The Kier molecular flexibility index (Phi) is 5.79. The van der Waals surface area contributed by atoms with Gasteiger partial charge in [-0.2, -0.15) is 5.10 Å². The van der Waals surface area contributed by atoms with Gasteiger partial charge >= 0.3 is 5.97 Å². The number of terminal acetylenes is 1. The fraction of sp³-hybridized carbons (Fsp3) is 0.455. The predicted molar refractivity (Wildman–Crippen MR) is 59.7 cm³/mol. The first-order valence-electron chi connectivity index (χ1n) is 5.10. The molecule has 0 amide bonds. The van der Waals surface area contributed by atoms with Crippen molar-refractivity contribution in [1.82, 2.24) is 10.2 Å². The summed E-state index contributed by atoms with van der Waals surface area (Å²) >= 11 is 0. The van der Waals surface area contributed by atoms with Crippen LogP contribution in [0.5, 0.6) is 0 Å². The Hall–Kier alpha value is -1.84. The molecular weight excluding hydrogens is 224 g/mol. The Balaban J connectivity index is 2.16. The van der Waals surface area contributed by atoms with E-state index in [0.29, 0.717) is 31.9 Å². The number of hydrogen-bond acceptors (Lipinski definition) is 4. The van der Waals surface area contributed by atoms with Crippen LogP contribution < -0.4 is 0 Å². The molecule has 0 saturated heterocycles. The number of nitrogens with one attached hydrogen (secondary N) is 1. The van der Waals surface area contributed by atoms with Crippen molar-refractivity contribution in [3.63, 3.8) is 0 Å². The summed E-state index contributed by atoms with van der Waals surface area (Å²) in [7, 11) is 0. The summed E-state index contributed by atoms with van der Waals surface area (Å²) in [5, 5.41) is 15.1. The Morgan fingerprint density at radius 2 is 2.24 bits per heavy atom. The van der Waals surface area contributed by atoms with Gasteiger partial charge in [0.2, 0.25) is 0 Å². The van der Waals surface area contributed by atoms with E-state index in [-0.39, 0.29) is 12.2 Å². The molecule has 0 fully saturated rings. The molecule has 1 rings (SSSR count). The third-order valence-electron chi connectivity index (χ3n) is 2.00. The molecule has 0 spiro atoms. The van der Waals surface area contributed by atoms with Crippen LogP contribution in [0.4, 0.5) is 0 Å². The zero-order valence-electron chi connectivity index (χ0n) is 9.31. The minimum atomic E-state index is -0.994. The molecule has 1 aromatic heterocycles. The van der Waals surface area contributed by atoms with E-state index in [1.807, 2.05) is 0 Å². The third-order valence-corrected chi connectivity index (χ3v) is 2.00. The van der Waals surface area contributed by atoms with Crippen LogP contribution in [0.15, 0.2) is 6.20 Å². The molecular formula is C11H14N2O4. The number of nitrogens with zero attached hydrogens (tertiary/aromatic N) is 1. The van der Waals surface area contributed by atoms with Gasteiger partial charge in [0.05, 0.1) is 31.7 Å². The fourth-order valence-corrected chi connectivity index (χ4v) is 1.21. The van der Waals surface area contributed by atoms with Gasteiger partial charge in [-0.05, 0) is 0 Å². The van der Waals surface area contributed by atoms with E-state index >= 15 is 0 Å². The van der Waals surface area contributed by atoms with Crippen LogP contribution in [-0.2, 0) is 15.9 Å².